The molecule has 4 nitrogen and oxygen atoms in total. The average Bonchev–Trinajstić information content (AvgIpc) is 3.14. The van der Waals surface area contributed by atoms with Gasteiger partial charge < -0.3 is 14.5 Å². The molecule has 0 aromatic heterocycles. The number of ether oxygens (including phenoxy) is 1. The van der Waals surface area contributed by atoms with E-state index in [1.54, 1.807) is 12.2 Å². The highest BCUT2D eigenvalue weighted by Crippen LogP contribution is 2.38. The molecule has 0 atom stereocenters. The number of hydrogen-bond donors (Lipinski definition) is 0. The molecule has 6 aromatic rings. The summed E-state index contributed by atoms with van der Waals surface area (Å²) in [7, 11) is 0. The van der Waals surface area contributed by atoms with Crippen molar-refractivity contribution in [3.8, 4) is 11.1 Å². The molecular weight excluding hydrogens is 613 g/mol. The summed E-state index contributed by atoms with van der Waals surface area (Å²) in [5.41, 5.74) is 12.8. The van der Waals surface area contributed by atoms with Crippen LogP contribution in [0.3, 0.4) is 0 Å². The van der Waals surface area contributed by atoms with Gasteiger partial charge in [-0.25, -0.2) is 0 Å². The van der Waals surface area contributed by atoms with Crippen LogP contribution in [0, 0.1) is 13.8 Å². The number of hydrogen-bond acceptors (Lipinski definition) is 4. The lowest BCUT2D eigenvalue weighted by Gasteiger charge is -2.27. The Labute approximate surface area is 296 Å². The van der Waals surface area contributed by atoms with Gasteiger partial charge in [0, 0.05) is 46.1 Å². The third-order valence-corrected chi connectivity index (χ3v) is 8.58. The molecule has 248 valence electrons. The minimum Gasteiger partial charge on any atom is -0.373 e. The summed E-state index contributed by atoms with van der Waals surface area (Å²) in [4.78, 5) is 17.0. The van der Waals surface area contributed by atoms with E-state index in [4.69, 9.17) is 4.74 Å². The van der Waals surface area contributed by atoms with Gasteiger partial charge in [-0.05, 0) is 127 Å². The zero-order valence-electron chi connectivity index (χ0n) is 28.8. The fourth-order valence-electron chi connectivity index (χ4n) is 6.08. The van der Waals surface area contributed by atoms with Crippen molar-refractivity contribution in [2.45, 2.75) is 26.9 Å². The Kier molecular flexibility index (Phi) is 10.8. The van der Waals surface area contributed by atoms with Crippen LogP contribution < -0.4 is 9.80 Å². The second kappa shape index (κ2) is 16.0. The molecule has 0 unspecified atom stereocenters. The molecule has 0 bridgehead atoms. The van der Waals surface area contributed by atoms with Gasteiger partial charge in [0.2, 0.25) is 0 Å². The van der Waals surface area contributed by atoms with E-state index < -0.39 is 0 Å². The van der Waals surface area contributed by atoms with Crippen LogP contribution in [0.1, 0.15) is 33.5 Å². The van der Waals surface area contributed by atoms with Crippen molar-refractivity contribution in [1.82, 2.24) is 0 Å². The highest BCUT2D eigenvalue weighted by Gasteiger charge is 2.16. The Bertz CT molecular complexity index is 2060. The van der Waals surface area contributed by atoms with Gasteiger partial charge in [0.25, 0.3) is 0 Å². The van der Waals surface area contributed by atoms with Gasteiger partial charge in [-0.2, -0.15) is 0 Å². The molecule has 0 aliphatic carbocycles. The largest absolute Gasteiger partial charge is 0.373 e. The minimum atomic E-state index is 0.0638. The monoisotopic (exact) mass is 654 g/mol. The number of ketones is 1. The second-order valence-electron chi connectivity index (χ2n) is 12.4. The number of carbonyl (C=O) groups excluding carboxylic acids is 1. The van der Waals surface area contributed by atoms with Gasteiger partial charge in [0.1, 0.15) is 0 Å². The first kappa shape index (κ1) is 33.9. The molecule has 0 aliphatic rings. The molecule has 0 saturated carbocycles. The van der Waals surface area contributed by atoms with E-state index in [0.717, 1.165) is 50.8 Å². The standard InChI is InChI=1S/C46H42N2O2/c1-5-9-46(49)39-20-28-43(29-21-39)48(45-13-8-11-35(4)32-45)42-26-18-38(19-27-42)37-16-24-41(25-17-37)47(44-12-7-10-34(3)31-44)40-22-14-36(15-23-40)33-50-30-6-2/h5-8,10-29,31-32H,1-2,9,30,33H2,3-4H3. The molecule has 0 radical (unpaired) electrons. The molecule has 0 heterocycles. The SMILES string of the molecule is C=CCOCc1ccc(N(c2ccc(-c3ccc(N(c4ccc(C(=O)CC=C)cc4)c4cccc(C)c4)cc3)cc2)c2cccc(C)c2)cc1. The van der Waals surface area contributed by atoms with Gasteiger partial charge in [-0.1, -0.05) is 72.8 Å². The lowest BCUT2D eigenvalue weighted by Crippen LogP contribution is -2.10. The number of anilines is 6. The van der Waals surface area contributed by atoms with Crippen molar-refractivity contribution in [2.75, 3.05) is 16.4 Å². The second-order valence-corrected chi connectivity index (χ2v) is 12.4. The van der Waals surface area contributed by atoms with Crippen LogP contribution in [0.25, 0.3) is 11.1 Å². The summed E-state index contributed by atoms with van der Waals surface area (Å²) >= 11 is 0. The smallest absolute Gasteiger partial charge is 0.166 e. The van der Waals surface area contributed by atoms with Crippen molar-refractivity contribution < 1.29 is 9.53 Å². The van der Waals surface area contributed by atoms with Crippen molar-refractivity contribution >= 4 is 39.9 Å². The number of benzene rings is 6. The number of Topliss-reactive ketones (excluding diaryl/α,β-unsaturated/α-hetero) is 1. The molecular formula is C46H42N2O2. The molecule has 0 spiro atoms. The average molecular weight is 655 g/mol. The summed E-state index contributed by atoms with van der Waals surface area (Å²) in [6, 6.07) is 50.7. The Hall–Kier alpha value is -5.97. The lowest BCUT2D eigenvalue weighted by atomic mass is 10.0. The van der Waals surface area contributed by atoms with E-state index >= 15 is 0 Å². The first-order chi connectivity index (χ1) is 24.4. The topological polar surface area (TPSA) is 32.8 Å². The number of carbonyl (C=O) groups is 1. The van der Waals surface area contributed by atoms with Gasteiger partial charge >= 0.3 is 0 Å². The van der Waals surface area contributed by atoms with Crippen LogP contribution >= 0.6 is 0 Å². The van der Waals surface area contributed by atoms with Gasteiger partial charge in [0.05, 0.1) is 13.2 Å². The number of aryl methyl sites for hydroxylation is 2. The fourth-order valence-corrected chi connectivity index (χ4v) is 6.08. The van der Waals surface area contributed by atoms with Crippen LogP contribution in [0.15, 0.2) is 171 Å². The van der Waals surface area contributed by atoms with E-state index in [1.807, 2.05) is 24.3 Å². The Morgan fingerprint density at radius 1 is 0.560 bits per heavy atom. The molecule has 6 aromatic carbocycles. The maximum absolute atomic E-state index is 12.5. The summed E-state index contributed by atoms with van der Waals surface area (Å²) in [5, 5.41) is 0. The Morgan fingerprint density at radius 3 is 1.42 bits per heavy atom. The Balaban J connectivity index is 1.29. The third kappa shape index (κ3) is 8.00. The van der Waals surface area contributed by atoms with Crippen molar-refractivity contribution in [3.63, 3.8) is 0 Å². The summed E-state index contributed by atoms with van der Waals surface area (Å²) in [6.45, 7) is 12.7. The molecule has 0 saturated heterocycles. The van der Waals surface area contributed by atoms with E-state index in [0.29, 0.717) is 25.2 Å². The minimum absolute atomic E-state index is 0.0638. The molecule has 0 fully saturated rings. The van der Waals surface area contributed by atoms with E-state index in [9.17, 15) is 4.79 Å². The number of allylic oxidation sites excluding steroid dienone is 1. The van der Waals surface area contributed by atoms with Gasteiger partial charge in [-0.15, -0.1) is 13.2 Å². The normalized spacial score (nSPS) is 10.8. The number of nitrogens with zero attached hydrogens (tertiary/aromatic N) is 2. The predicted molar refractivity (Wildman–Crippen MR) is 210 cm³/mol. The van der Waals surface area contributed by atoms with Gasteiger partial charge in [-0.3, -0.25) is 4.79 Å². The molecule has 50 heavy (non-hydrogen) atoms. The summed E-state index contributed by atoms with van der Waals surface area (Å²) < 4.78 is 5.65. The molecule has 6 rings (SSSR count). The van der Waals surface area contributed by atoms with Crippen molar-refractivity contribution in [1.29, 1.82) is 0 Å². The zero-order chi connectivity index (χ0) is 34.9. The van der Waals surface area contributed by atoms with Crippen LogP contribution in [-0.4, -0.2) is 12.4 Å². The molecule has 4 heteroatoms. The van der Waals surface area contributed by atoms with Gasteiger partial charge in [0.15, 0.2) is 5.78 Å². The van der Waals surface area contributed by atoms with E-state index in [2.05, 4.69) is 158 Å². The maximum atomic E-state index is 12.5. The Morgan fingerprint density at radius 2 is 1.00 bits per heavy atom. The van der Waals surface area contributed by atoms with Crippen LogP contribution in [0.2, 0.25) is 0 Å². The quantitative estimate of drug-likeness (QED) is 0.0665. The lowest BCUT2D eigenvalue weighted by molar-refractivity contribution is 0.0996. The highest BCUT2D eigenvalue weighted by molar-refractivity contribution is 5.97. The predicted octanol–water partition coefficient (Wildman–Crippen LogP) is 12.4. The molecule has 0 aliphatic heterocycles. The van der Waals surface area contributed by atoms with Crippen LogP contribution in [0.5, 0.6) is 0 Å². The van der Waals surface area contributed by atoms with Crippen LogP contribution in [0.4, 0.5) is 34.1 Å². The third-order valence-electron chi connectivity index (χ3n) is 8.58. The maximum Gasteiger partial charge on any atom is 0.166 e. The molecule has 0 N–H and O–H groups in total. The van der Waals surface area contributed by atoms with Crippen molar-refractivity contribution in [2.24, 2.45) is 0 Å². The van der Waals surface area contributed by atoms with Crippen LogP contribution in [-0.2, 0) is 11.3 Å². The fraction of sp³-hybridized carbons (Fsp3) is 0.109. The number of rotatable bonds is 14. The first-order valence-electron chi connectivity index (χ1n) is 16.9. The zero-order valence-corrected chi connectivity index (χ0v) is 28.8. The molecule has 0 amide bonds. The van der Waals surface area contributed by atoms with E-state index in [-0.39, 0.29) is 5.78 Å². The first-order valence-corrected chi connectivity index (χ1v) is 16.9. The summed E-state index contributed by atoms with van der Waals surface area (Å²) in [6.07, 6.45) is 3.74. The highest BCUT2D eigenvalue weighted by atomic mass is 16.5. The van der Waals surface area contributed by atoms with Crippen molar-refractivity contribution in [3.05, 3.63) is 193 Å². The summed E-state index contributed by atoms with van der Waals surface area (Å²) in [5.74, 6) is 0.0638. The van der Waals surface area contributed by atoms with E-state index in [1.165, 1.54) is 11.1 Å².